The van der Waals surface area contributed by atoms with E-state index in [1.165, 1.54) is 96.3 Å². The van der Waals surface area contributed by atoms with E-state index < -0.39 is 6.10 Å². The van der Waals surface area contributed by atoms with Gasteiger partial charge < -0.3 is 14.2 Å². The van der Waals surface area contributed by atoms with Crippen molar-refractivity contribution in [2.75, 3.05) is 13.2 Å². The molecule has 0 aromatic heterocycles. The number of carbonyl (C=O) groups is 3. The summed E-state index contributed by atoms with van der Waals surface area (Å²) >= 11 is 0. The van der Waals surface area contributed by atoms with Crippen LogP contribution in [0.15, 0.2) is 134 Å². The summed E-state index contributed by atoms with van der Waals surface area (Å²) < 4.78 is 16.8. The molecule has 6 heteroatoms. The highest BCUT2D eigenvalue weighted by Gasteiger charge is 2.19. The molecule has 0 bridgehead atoms. The molecule has 1 atom stereocenters. The molecule has 0 aliphatic heterocycles. The van der Waals surface area contributed by atoms with Crippen LogP contribution in [0.4, 0.5) is 0 Å². The Labute approximate surface area is 462 Å². The molecule has 0 aliphatic rings. The summed E-state index contributed by atoms with van der Waals surface area (Å²) in [4.78, 5) is 38.1. The number of unbranched alkanes of at least 4 members (excludes halogenated alkanes) is 21. The highest BCUT2D eigenvalue weighted by molar-refractivity contribution is 5.71. The van der Waals surface area contributed by atoms with Crippen molar-refractivity contribution in [1.82, 2.24) is 0 Å². The van der Waals surface area contributed by atoms with Gasteiger partial charge in [-0.2, -0.15) is 0 Å². The third-order valence-electron chi connectivity index (χ3n) is 12.6. The van der Waals surface area contributed by atoms with E-state index in [0.717, 1.165) is 122 Å². The molecule has 0 rings (SSSR count). The predicted octanol–water partition coefficient (Wildman–Crippen LogP) is 21.0. The number of allylic oxidation sites excluding steroid dienone is 22. The lowest BCUT2D eigenvalue weighted by Crippen LogP contribution is -2.30. The third kappa shape index (κ3) is 60.3. The Morgan fingerprint density at radius 1 is 0.280 bits per heavy atom. The number of esters is 3. The van der Waals surface area contributed by atoms with Crippen molar-refractivity contribution in [2.24, 2.45) is 0 Å². The van der Waals surface area contributed by atoms with Crippen molar-refractivity contribution in [3.05, 3.63) is 134 Å². The number of hydrogen-bond donors (Lipinski definition) is 0. The largest absolute Gasteiger partial charge is 0.462 e. The van der Waals surface area contributed by atoms with Gasteiger partial charge in [0, 0.05) is 19.3 Å². The first kappa shape index (κ1) is 70.5. The summed E-state index contributed by atoms with van der Waals surface area (Å²) in [5.74, 6) is -0.984. The van der Waals surface area contributed by atoms with Crippen molar-refractivity contribution in [3.8, 4) is 0 Å². The first-order valence-corrected chi connectivity index (χ1v) is 30.7. The van der Waals surface area contributed by atoms with Crippen molar-refractivity contribution in [3.63, 3.8) is 0 Å². The first-order chi connectivity index (χ1) is 37.0. The van der Waals surface area contributed by atoms with Crippen LogP contribution < -0.4 is 0 Å². The Balaban J connectivity index is 4.40. The van der Waals surface area contributed by atoms with E-state index in [9.17, 15) is 14.4 Å². The van der Waals surface area contributed by atoms with Gasteiger partial charge in [-0.3, -0.25) is 14.4 Å². The van der Waals surface area contributed by atoms with Gasteiger partial charge in [0.25, 0.3) is 0 Å². The molecule has 0 N–H and O–H groups in total. The SMILES string of the molecule is CC/C=C\C/C=C\C/C=C\C/C=C\C/C=C\C/C=C\C/C=C\C/C=C\C/C=C\CCCC(=O)OCC(COC(=O)CCCCCCC/C=C\CCC)OC(=O)CCCCCCCCC/C=C\CCCCCCCCC. The molecule has 0 fully saturated rings. The molecule has 0 aliphatic carbocycles. The smallest absolute Gasteiger partial charge is 0.306 e. The zero-order valence-corrected chi connectivity index (χ0v) is 48.5. The molecule has 0 saturated heterocycles. The second-order valence-corrected chi connectivity index (χ2v) is 19.9. The van der Waals surface area contributed by atoms with E-state index in [1.807, 2.05) is 0 Å². The van der Waals surface area contributed by atoms with Gasteiger partial charge in [0.2, 0.25) is 0 Å². The Morgan fingerprint density at radius 2 is 0.560 bits per heavy atom. The van der Waals surface area contributed by atoms with E-state index >= 15 is 0 Å². The van der Waals surface area contributed by atoms with Crippen molar-refractivity contribution < 1.29 is 28.6 Å². The molecular weight excluding hydrogens is 925 g/mol. The van der Waals surface area contributed by atoms with Crippen LogP contribution in [0.2, 0.25) is 0 Å². The first-order valence-electron chi connectivity index (χ1n) is 30.7. The Morgan fingerprint density at radius 3 is 0.933 bits per heavy atom. The minimum absolute atomic E-state index is 0.105. The summed E-state index contributed by atoms with van der Waals surface area (Å²) in [5, 5.41) is 0. The van der Waals surface area contributed by atoms with E-state index in [4.69, 9.17) is 14.2 Å². The Bertz CT molecular complexity index is 1620. The second kappa shape index (κ2) is 62.1. The lowest BCUT2D eigenvalue weighted by atomic mass is 10.1. The van der Waals surface area contributed by atoms with Crippen LogP contribution in [0.1, 0.15) is 265 Å². The standard InChI is InChI=1S/C69H112O6/c1-4-7-10-13-16-19-22-24-26-28-30-31-32-33-34-35-36-37-38-39-40-42-43-45-47-50-53-56-59-62-68(71)74-65-66(64-73-67(70)61-58-55-52-49-21-18-15-12-9-6-3)75-69(72)63-60-57-54-51-48-46-44-41-29-27-25-23-20-17-14-11-8-5-2/h7,10,12,15-16,19,24,26-27,29-31,33-34,36-37,39-40,43,45,50,53,66H,4-6,8-9,11,13-14,17-18,20-23,25,28,32,35,38,41-42,44,46-49,51-52,54-65H2,1-3H3/b10-7-,15-12-,19-16-,26-24-,29-27-,31-30-,34-33-,37-36-,40-39-,45-43-,53-50-. The van der Waals surface area contributed by atoms with Crippen LogP contribution in [0.3, 0.4) is 0 Å². The van der Waals surface area contributed by atoms with Gasteiger partial charge >= 0.3 is 17.9 Å². The van der Waals surface area contributed by atoms with Gasteiger partial charge in [-0.15, -0.1) is 0 Å². The van der Waals surface area contributed by atoms with Crippen LogP contribution in [-0.4, -0.2) is 37.2 Å². The normalized spacial score (nSPS) is 13.1. The molecule has 0 aromatic rings. The predicted molar refractivity (Wildman–Crippen MR) is 325 cm³/mol. The average Bonchev–Trinajstić information content (AvgIpc) is 3.41. The van der Waals surface area contributed by atoms with Crippen LogP contribution in [-0.2, 0) is 28.6 Å². The molecular formula is C69H112O6. The molecule has 424 valence electrons. The van der Waals surface area contributed by atoms with Crippen molar-refractivity contribution >= 4 is 17.9 Å². The summed E-state index contributed by atoms with van der Waals surface area (Å²) in [5.41, 5.74) is 0. The molecule has 0 aromatic carbocycles. The highest BCUT2D eigenvalue weighted by atomic mass is 16.6. The lowest BCUT2D eigenvalue weighted by molar-refractivity contribution is -0.167. The van der Waals surface area contributed by atoms with E-state index in [2.05, 4.69) is 154 Å². The fourth-order valence-corrected chi connectivity index (χ4v) is 8.03. The second-order valence-electron chi connectivity index (χ2n) is 19.9. The monoisotopic (exact) mass is 1040 g/mol. The maximum atomic E-state index is 12.9. The minimum Gasteiger partial charge on any atom is -0.462 e. The Hall–Kier alpha value is -4.45. The fourth-order valence-electron chi connectivity index (χ4n) is 8.03. The summed E-state index contributed by atoms with van der Waals surface area (Å²) in [6, 6.07) is 0. The maximum Gasteiger partial charge on any atom is 0.306 e. The van der Waals surface area contributed by atoms with Gasteiger partial charge in [0.1, 0.15) is 13.2 Å². The highest BCUT2D eigenvalue weighted by Crippen LogP contribution is 2.14. The molecule has 0 saturated carbocycles. The number of hydrogen-bond acceptors (Lipinski definition) is 6. The van der Waals surface area contributed by atoms with Crippen LogP contribution in [0, 0.1) is 0 Å². The molecule has 0 amide bonds. The van der Waals surface area contributed by atoms with E-state index in [0.29, 0.717) is 19.3 Å². The third-order valence-corrected chi connectivity index (χ3v) is 12.6. The number of rotatable bonds is 54. The van der Waals surface area contributed by atoms with Crippen LogP contribution in [0.25, 0.3) is 0 Å². The molecule has 6 nitrogen and oxygen atoms in total. The lowest BCUT2D eigenvalue weighted by Gasteiger charge is -2.18. The molecule has 1 unspecified atom stereocenters. The van der Waals surface area contributed by atoms with Gasteiger partial charge in [0.05, 0.1) is 0 Å². The zero-order valence-electron chi connectivity index (χ0n) is 48.5. The minimum atomic E-state index is -0.811. The van der Waals surface area contributed by atoms with Gasteiger partial charge in [-0.05, 0) is 128 Å². The van der Waals surface area contributed by atoms with E-state index in [1.54, 1.807) is 0 Å². The van der Waals surface area contributed by atoms with Gasteiger partial charge in [-0.25, -0.2) is 0 Å². The molecule has 0 spiro atoms. The van der Waals surface area contributed by atoms with E-state index in [-0.39, 0.29) is 37.5 Å². The van der Waals surface area contributed by atoms with Crippen LogP contribution in [0.5, 0.6) is 0 Å². The van der Waals surface area contributed by atoms with Crippen molar-refractivity contribution in [2.45, 2.75) is 271 Å². The summed E-state index contributed by atoms with van der Waals surface area (Å²) in [7, 11) is 0. The zero-order chi connectivity index (χ0) is 54.3. The van der Waals surface area contributed by atoms with Crippen LogP contribution >= 0.6 is 0 Å². The molecule has 75 heavy (non-hydrogen) atoms. The van der Waals surface area contributed by atoms with Gasteiger partial charge in [-0.1, -0.05) is 251 Å². The topological polar surface area (TPSA) is 78.9 Å². The molecule has 0 heterocycles. The summed E-state index contributed by atoms with van der Waals surface area (Å²) in [6.07, 6.45) is 87.5. The van der Waals surface area contributed by atoms with Gasteiger partial charge in [0.15, 0.2) is 6.10 Å². The molecule has 0 radical (unpaired) electrons. The Kier molecular flexibility index (Phi) is 58.4. The fraction of sp³-hybridized carbons (Fsp3) is 0.638. The quantitative estimate of drug-likeness (QED) is 0.0261. The van der Waals surface area contributed by atoms with Crippen molar-refractivity contribution in [1.29, 1.82) is 0 Å². The number of carbonyl (C=O) groups excluding carboxylic acids is 3. The maximum absolute atomic E-state index is 12.9. The summed E-state index contributed by atoms with van der Waals surface area (Å²) in [6.45, 7) is 6.40. The number of ether oxygens (including phenoxy) is 3. The average molecular weight is 1040 g/mol.